The highest BCUT2D eigenvalue weighted by atomic mass is 79.9. The van der Waals surface area contributed by atoms with Crippen LogP contribution in [0.15, 0.2) is 27.6 Å². The van der Waals surface area contributed by atoms with E-state index >= 15 is 0 Å². The van der Waals surface area contributed by atoms with Gasteiger partial charge in [-0.05, 0) is 44.0 Å². The van der Waals surface area contributed by atoms with E-state index in [9.17, 15) is 8.42 Å². The molecule has 1 aliphatic rings. The van der Waals surface area contributed by atoms with Crippen LogP contribution in [0.5, 0.6) is 0 Å². The summed E-state index contributed by atoms with van der Waals surface area (Å²) in [5.74, 6) is 0. The lowest BCUT2D eigenvalue weighted by Gasteiger charge is -2.28. The van der Waals surface area contributed by atoms with Crippen LogP contribution in [-0.4, -0.2) is 38.4 Å². The van der Waals surface area contributed by atoms with Crippen molar-refractivity contribution in [3.8, 4) is 0 Å². The smallest absolute Gasteiger partial charge is 0.243 e. The fraction of sp³-hybridized carbons (Fsp3) is 0.571. The Morgan fingerprint density at radius 1 is 1.45 bits per heavy atom. The first-order valence-electron chi connectivity index (χ1n) is 6.95. The highest BCUT2D eigenvalue weighted by Crippen LogP contribution is 2.26. The van der Waals surface area contributed by atoms with Crippen LogP contribution in [0, 0.1) is 6.92 Å². The molecule has 1 aliphatic heterocycles. The zero-order chi connectivity index (χ0) is 14.8. The number of aryl methyl sites for hydroxylation is 1. The summed E-state index contributed by atoms with van der Waals surface area (Å²) < 4.78 is 28.4. The Kier molecular flexibility index (Phi) is 5.23. The van der Waals surface area contributed by atoms with Crippen LogP contribution < -0.4 is 5.32 Å². The standard InChI is InChI=1S/C14H21BrN2O2S/c1-3-8-17(13-6-7-16-10-13)20(18,19)14-9-12(15)5-4-11(14)2/h4-5,9,13,16H,3,6-8,10H2,1-2H3. The summed E-state index contributed by atoms with van der Waals surface area (Å²) in [5.41, 5.74) is 0.792. The second-order valence-corrected chi connectivity index (χ2v) is 7.95. The molecule has 1 fully saturated rings. The second-order valence-electron chi connectivity index (χ2n) is 5.17. The Bertz CT molecular complexity index is 569. The van der Waals surface area contributed by atoms with Gasteiger partial charge in [-0.3, -0.25) is 0 Å². The molecular formula is C14H21BrN2O2S. The van der Waals surface area contributed by atoms with Gasteiger partial charge >= 0.3 is 0 Å². The summed E-state index contributed by atoms with van der Waals surface area (Å²) in [6.45, 7) is 6.06. The topological polar surface area (TPSA) is 49.4 Å². The molecule has 0 amide bonds. The minimum Gasteiger partial charge on any atom is -0.315 e. The quantitative estimate of drug-likeness (QED) is 0.877. The molecule has 0 aliphatic carbocycles. The molecule has 2 rings (SSSR count). The van der Waals surface area contributed by atoms with Crippen molar-refractivity contribution in [3.05, 3.63) is 28.2 Å². The van der Waals surface area contributed by atoms with Gasteiger partial charge in [0.05, 0.1) is 4.90 Å². The van der Waals surface area contributed by atoms with E-state index in [4.69, 9.17) is 0 Å². The fourth-order valence-electron chi connectivity index (χ4n) is 2.58. The predicted molar refractivity (Wildman–Crippen MR) is 84.3 cm³/mol. The Morgan fingerprint density at radius 3 is 2.80 bits per heavy atom. The van der Waals surface area contributed by atoms with Crippen LogP contribution in [0.1, 0.15) is 25.3 Å². The summed E-state index contributed by atoms with van der Waals surface area (Å²) >= 11 is 3.37. The van der Waals surface area contributed by atoms with Crippen LogP contribution in [0.25, 0.3) is 0 Å². The van der Waals surface area contributed by atoms with Crippen molar-refractivity contribution in [3.63, 3.8) is 0 Å². The average molecular weight is 361 g/mol. The average Bonchev–Trinajstić information content (AvgIpc) is 2.92. The number of hydrogen-bond acceptors (Lipinski definition) is 3. The number of sulfonamides is 1. The molecule has 1 heterocycles. The summed E-state index contributed by atoms with van der Waals surface area (Å²) in [4.78, 5) is 0.409. The predicted octanol–water partition coefficient (Wildman–Crippen LogP) is 2.52. The summed E-state index contributed by atoms with van der Waals surface area (Å²) in [5, 5.41) is 3.25. The van der Waals surface area contributed by atoms with Crippen LogP contribution in [-0.2, 0) is 10.0 Å². The maximum atomic E-state index is 13.0. The lowest BCUT2D eigenvalue weighted by molar-refractivity contribution is 0.335. The van der Waals surface area contributed by atoms with Gasteiger partial charge in [0.2, 0.25) is 10.0 Å². The number of halogens is 1. The van der Waals surface area contributed by atoms with Gasteiger partial charge in [-0.2, -0.15) is 4.31 Å². The molecular weight excluding hydrogens is 340 g/mol. The second kappa shape index (κ2) is 6.56. The van der Waals surface area contributed by atoms with Crippen LogP contribution in [0.4, 0.5) is 0 Å². The van der Waals surface area contributed by atoms with E-state index in [2.05, 4.69) is 21.2 Å². The third-order valence-corrected chi connectivity index (χ3v) is 6.21. The summed E-state index contributed by atoms with van der Waals surface area (Å²) in [6, 6.07) is 5.48. The summed E-state index contributed by atoms with van der Waals surface area (Å²) in [7, 11) is -3.44. The Hall–Kier alpha value is -0.430. The zero-order valence-corrected chi connectivity index (χ0v) is 14.3. The van der Waals surface area contributed by atoms with E-state index in [1.807, 2.05) is 26.0 Å². The van der Waals surface area contributed by atoms with E-state index in [-0.39, 0.29) is 6.04 Å². The molecule has 0 spiro atoms. The first-order valence-corrected chi connectivity index (χ1v) is 9.19. The van der Waals surface area contributed by atoms with E-state index in [0.717, 1.165) is 36.0 Å². The van der Waals surface area contributed by atoms with Crippen LogP contribution in [0.3, 0.4) is 0 Å². The minimum atomic E-state index is -3.44. The number of hydrogen-bond donors (Lipinski definition) is 1. The Balaban J connectivity index is 2.41. The van der Waals surface area contributed by atoms with Crippen molar-refractivity contribution < 1.29 is 8.42 Å². The summed E-state index contributed by atoms with van der Waals surface area (Å²) in [6.07, 6.45) is 1.70. The minimum absolute atomic E-state index is 0.0679. The van der Waals surface area contributed by atoms with Crippen molar-refractivity contribution in [1.29, 1.82) is 0 Å². The van der Waals surface area contributed by atoms with Gasteiger partial charge in [0.1, 0.15) is 0 Å². The van der Waals surface area contributed by atoms with Crippen molar-refractivity contribution in [2.24, 2.45) is 0 Å². The van der Waals surface area contributed by atoms with Crippen molar-refractivity contribution in [1.82, 2.24) is 9.62 Å². The largest absolute Gasteiger partial charge is 0.315 e. The number of nitrogens with one attached hydrogen (secondary N) is 1. The zero-order valence-electron chi connectivity index (χ0n) is 11.9. The molecule has 1 unspecified atom stereocenters. The Labute approximate surface area is 129 Å². The SMILES string of the molecule is CCCN(C1CCNC1)S(=O)(=O)c1cc(Br)ccc1C. The van der Waals surface area contributed by atoms with E-state index in [1.54, 1.807) is 10.4 Å². The molecule has 112 valence electrons. The molecule has 20 heavy (non-hydrogen) atoms. The van der Waals surface area contributed by atoms with Crippen LogP contribution >= 0.6 is 15.9 Å². The maximum absolute atomic E-state index is 13.0. The fourth-order valence-corrected chi connectivity index (χ4v) is 5.09. The van der Waals surface area contributed by atoms with Crippen LogP contribution in [0.2, 0.25) is 0 Å². The maximum Gasteiger partial charge on any atom is 0.243 e. The van der Waals surface area contributed by atoms with Crippen molar-refractivity contribution in [2.45, 2.75) is 37.6 Å². The molecule has 1 atom stereocenters. The molecule has 1 saturated heterocycles. The molecule has 6 heteroatoms. The molecule has 1 aromatic carbocycles. The third-order valence-electron chi connectivity index (χ3n) is 3.62. The number of benzene rings is 1. The first kappa shape index (κ1) is 15.9. The van der Waals surface area contributed by atoms with Gasteiger partial charge in [0, 0.05) is 23.6 Å². The van der Waals surface area contributed by atoms with Gasteiger partial charge in [-0.25, -0.2) is 8.42 Å². The Morgan fingerprint density at radius 2 is 2.20 bits per heavy atom. The molecule has 4 nitrogen and oxygen atoms in total. The molecule has 0 saturated carbocycles. The number of nitrogens with zero attached hydrogens (tertiary/aromatic N) is 1. The first-order chi connectivity index (χ1) is 9.46. The lowest BCUT2D eigenvalue weighted by atomic mass is 10.2. The van der Waals surface area contributed by atoms with Crippen molar-refractivity contribution >= 4 is 26.0 Å². The third kappa shape index (κ3) is 3.24. The molecule has 1 aromatic rings. The normalized spacial score (nSPS) is 19.7. The van der Waals surface area contributed by atoms with Gasteiger partial charge in [-0.1, -0.05) is 28.9 Å². The lowest BCUT2D eigenvalue weighted by Crippen LogP contribution is -2.42. The molecule has 0 aromatic heterocycles. The molecule has 0 radical (unpaired) electrons. The monoisotopic (exact) mass is 360 g/mol. The molecule has 0 bridgehead atoms. The van der Waals surface area contributed by atoms with Crippen molar-refractivity contribution in [2.75, 3.05) is 19.6 Å². The highest BCUT2D eigenvalue weighted by molar-refractivity contribution is 9.10. The van der Waals surface area contributed by atoms with Gasteiger partial charge < -0.3 is 5.32 Å². The van der Waals surface area contributed by atoms with E-state index in [0.29, 0.717) is 11.4 Å². The highest BCUT2D eigenvalue weighted by Gasteiger charge is 2.33. The van der Waals surface area contributed by atoms with E-state index in [1.165, 1.54) is 0 Å². The van der Waals surface area contributed by atoms with Gasteiger partial charge in [0.25, 0.3) is 0 Å². The number of rotatable bonds is 5. The van der Waals surface area contributed by atoms with E-state index < -0.39 is 10.0 Å². The van der Waals surface area contributed by atoms with Gasteiger partial charge in [0.15, 0.2) is 0 Å². The molecule has 1 N–H and O–H groups in total. The van der Waals surface area contributed by atoms with Gasteiger partial charge in [-0.15, -0.1) is 0 Å².